The Morgan fingerprint density at radius 1 is 1.29 bits per heavy atom. The lowest BCUT2D eigenvalue weighted by Crippen LogP contribution is -1.99. The number of allylic oxidation sites excluding steroid dienone is 1. The Balaban J connectivity index is 2.85. The summed E-state index contributed by atoms with van der Waals surface area (Å²) in [5.74, 6) is 1.39. The molecule has 0 N–H and O–H groups in total. The van der Waals surface area contributed by atoms with Crippen LogP contribution in [-0.4, -0.2) is 6.61 Å². The topological polar surface area (TPSA) is 9.23 Å². The van der Waals surface area contributed by atoms with Crippen molar-refractivity contribution in [2.24, 2.45) is 0 Å². The first-order chi connectivity index (χ1) is 8.21. The van der Waals surface area contributed by atoms with Crippen LogP contribution in [0.1, 0.15) is 50.7 Å². The van der Waals surface area contributed by atoms with Crippen molar-refractivity contribution in [2.75, 3.05) is 6.61 Å². The van der Waals surface area contributed by atoms with E-state index in [1.165, 1.54) is 17.5 Å². The standard InChI is InChI=1S/C16H24O/c1-5-8-9-17-16-11-14(7-3)10-15(12-16)13(4)6-2/h6,10-13H,2,5,7-9H2,1,3-4H3. The molecule has 1 heteroatoms. The third-order valence-corrected chi connectivity index (χ3v) is 3.04. The Hall–Kier alpha value is -1.24. The van der Waals surface area contributed by atoms with Gasteiger partial charge in [0.25, 0.3) is 0 Å². The van der Waals surface area contributed by atoms with Gasteiger partial charge in [-0.3, -0.25) is 0 Å². The van der Waals surface area contributed by atoms with Crippen LogP contribution in [-0.2, 0) is 6.42 Å². The number of hydrogen-bond donors (Lipinski definition) is 0. The van der Waals surface area contributed by atoms with E-state index in [0.29, 0.717) is 5.92 Å². The molecule has 0 aliphatic carbocycles. The zero-order chi connectivity index (χ0) is 12.7. The fourth-order valence-corrected chi connectivity index (χ4v) is 1.71. The lowest BCUT2D eigenvalue weighted by molar-refractivity contribution is 0.309. The van der Waals surface area contributed by atoms with Gasteiger partial charge in [-0.05, 0) is 42.0 Å². The molecule has 0 amide bonds. The summed E-state index contributed by atoms with van der Waals surface area (Å²) in [5.41, 5.74) is 2.63. The molecule has 0 saturated heterocycles. The number of unbranched alkanes of at least 4 members (excludes halogenated alkanes) is 1. The molecule has 0 aliphatic heterocycles. The largest absolute Gasteiger partial charge is 0.494 e. The fraction of sp³-hybridized carbons (Fsp3) is 0.500. The second-order valence-corrected chi connectivity index (χ2v) is 4.49. The molecular weight excluding hydrogens is 208 g/mol. The van der Waals surface area contributed by atoms with Crippen LogP contribution in [0.5, 0.6) is 5.75 Å². The maximum Gasteiger partial charge on any atom is 0.119 e. The highest BCUT2D eigenvalue weighted by molar-refractivity contribution is 5.37. The summed E-state index contributed by atoms with van der Waals surface area (Å²) in [5, 5.41) is 0. The van der Waals surface area contributed by atoms with E-state index < -0.39 is 0 Å². The molecule has 0 aromatic heterocycles. The van der Waals surface area contributed by atoms with Gasteiger partial charge in [0.15, 0.2) is 0 Å². The average molecular weight is 232 g/mol. The number of ether oxygens (including phenoxy) is 1. The molecule has 1 nitrogen and oxygen atoms in total. The van der Waals surface area contributed by atoms with Gasteiger partial charge in [-0.15, -0.1) is 6.58 Å². The summed E-state index contributed by atoms with van der Waals surface area (Å²) in [6, 6.07) is 6.54. The molecule has 0 spiro atoms. The van der Waals surface area contributed by atoms with Gasteiger partial charge in [-0.1, -0.05) is 39.3 Å². The summed E-state index contributed by atoms with van der Waals surface area (Å²) >= 11 is 0. The number of benzene rings is 1. The lowest BCUT2D eigenvalue weighted by atomic mass is 9.98. The second kappa shape index (κ2) is 7.16. The van der Waals surface area contributed by atoms with Crippen molar-refractivity contribution in [2.45, 2.75) is 46.0 Å². The first kappa shape index (κ1) is 13.8. The third kappa shape index (κ3) is 4.26. The highest BCUT2D eigenvalue weighted by Gasteiger charge is 2.05. The van der Waals surface area contributed by atoms with E-state index >= 15 is 0 Å². The minimum atomic E-state index is 0.384. The summed E-state index contributed by atoms with van der Waals surface area (Å²) in [6.45, 7) is 11.2. The normalized spacial score (nSPS) is 12.2. The Morgan fingerprint density at radius 2 is 2.06 bits per heavy atom. The number of hydrogen-bond acceptors (Lipinski definition) is 1. The molecule has 0 saturated carbocycles. The predicted molar refractivity (Wildman–Crippen MR) is 74.8 cm³/mol. The van der Waals surface area contributed by atoms with E-state index in [4.69, 9.17) is 4.74 Å². The van der Waals surface area contributed by atoms with E-state index in [1.54, 1.807) is 0 Å². The predicted octanol–water partition coefficient (Wildman–Crippen LogP) is 4.72. The zero-order valence-corrected chi connectivity index (χ0v) is 11.3. The van der Waals surface area contributed by atoms with Gasteiger partial charge >= 0.3 is 0 Å². The highest BCUT2D eigenvalue weighted by Crippen LogP contribution is 2.24. The van der Waals surface area contributed by atoms with Crippen molar-refractivity contribution < 1.29 is 4.74 Å². The second-order valence-electron chi connectivity index (χ2n) is 4.49. The third-order valence-electron chi connectivity index (χ3n) is 3.04. The van der Waals surface area contributed by atoms with Crippen LogP contribution in [0, 0.1) is 0 Å². The SMILES string of the molecule is C=CC(C)c1cc(CC)cc(OCCCC)c1. The van der Waals surface area contributed by atoms with E-state index in [0.717, 1.165) is 25.2 Å². The Bertz CT molecular complexity index is 355. The van der Waals surface area contributed by atoms with Gasteiger partial charge in [0.05, 0.1) is 6.61 Å². The molecule has 17 heavy (non-hydrogen) atoms. The molecule has 0 heterocycles. The van der Waals surface area contributed by atoms with Crippen LogP contribution in [0.2, 0.25) is 0 Å². The van der Waals surface area contributed by atoms with Crippen LogP contribution in [0.15, 0.2) is 30.9 Å². The van der Waals surface area contributed by atoms with Crippen LogP contribution >= 0.6 is 0 Å². The molecule has 0 radical (unpaired) electrons. The summed E-state index contributed by atoms with van der Waals surface area (Å²) in [7, 11) is 0. The minimum Gasteiger partial charge on any atom is -0.494 e. The molecule has 1 unspecified atom stereocenters. The maximum atomic E-state index is 5.79. The molecule has 0 fully saturated rings. The molecule has 1 rings (SSSR count). The Labute approximate surface area is 106 Å². The van der Waals surface area contributed by atoms with Crippen molar-refractivity contribution >= 4 is 0 Å². The van der Waals surface area contributed by atoms with Crippen LogP contribution in [0.4, 0.5) is 0 Å². The molecule has 1 aromatic carbocycles. The van der Waals surface area contributed by atoms with E-state index in [-0.39, 0.29) is 0 Å². The molecule has 0 aliphatic rings. The summed E-state index contributed by atoms with van der Waals surface area (Å²) < 4.78 is 5.79. The van der Waals surface area contributed by atoms with Gasteiger partial charge in [-0.25, -0.2) is 0 Å². The van der Waals surface area contributed by atoms with Crippen LogP contribution in [0.3, 0.4) is 0 Å². The molecule has 0 bridgehead atoms. The lowest BCUT2D eigenvalue weighted by Gasteiger charge is -2.13. The first-order valence-electron chi connectivity index (χ1n) is 6.60. The van der Waals surface area contributed by atoms with Crippen LogP contribution < -0.4 is 4.74 Å². The van der Waals surface area contributed by atoms with Crippen LogP contribution in [0.25, 0.3) is 0 Å². The summed E-state index contributed by atoms with van der Waals surface area (Å²) in [6.07, 6.45) is 5.30. The van der Waals surface area contributed by atoms with Crippen molar-refractivity contribution in [3.05, 3.63) is 42.0 Å². The van der Waals surface area contributed by atoms with Gasteiger partial charge in [-0.2, -0.15) is 0 Å². The fourth-order valence-electron chi connectivity index (χ4n) is 1.71. The highest BCUT2D eigenvalue weighted by atomic mass is 16.5. The Kier molecular flexibility index (Phi) is 5.82. The van der Waals surface area contributed by atoms with E-state index in [2.05, 4.69) is 45.5 Å². The van der Waals surface area contributed by atoms with E-state index in [9.17, 15) is 0 Å². The molecule has 1 aromatic rings. The van der Waals surface area contributed by atoms with Crippen molar-refractivity contribution in [1.82, 2.24) is 0 Å². The quantitative estimate of drug-likeness (QED) is 0.488. The van der Waals surface area contributed by atoms with Crippen molar-refractivity contribution in [1.29, 1.82) is 0 Å². The average Bonchev–Trinajstić information content (AvgIpc) is 2.37. The zero-order valence-electron chi connectivity index (χ0n) is 11.3. The number of aryl methyl sites for hydroxylation is 1. The smallest absolute Gasteiger partial charge is 0.119 e. The van der Waals surface area contributed by atoms with E-state index in [1.807, 2.05) is 6.08 Å². The Morgan fingerprint density at radius 3 is 2.65 bits per heavy atom. The monoisotopic (exact) mass is 232 g/mol. The van der Waals surface area contributed by atoms with Gasteiger partial charge in [0.1, 0.15) is 5.75 Å². The molecular formula is C16H24O. The van der Waals surface area contributed by atoms with Crippen molar-refractivity contribution in [3.8, 4) is 5.75 Å². The summed E-state index contributed by atoms with van der Waals surface area (Å²) in [4.78, 5) is 0. The first-order valence-corrected chi connectivity index (χ1v) is 6.60. The van der Waals surface area contributed by atoms with Gasteiger partial charge in [0.2, 0.25) is 0 Å². The van der Waals surface area contributed by atoms with Gasteiger partial charge in [0, 0.05) is 0 Å². The number of rotatable bonds is 7. The molecule has 1 atom stereocenters. The maximum absolute atomic E-state index is 5.79. The molecule has 94 valence electrons. The van der Waals surface area contributed by atoms with Gasteiger partial charge < -0.3 is 4.74 Å². The van der Waals surface area contributed by atoms with Crippen molar-refractivity contribution in [3.63, 3.8) is 0 Å². The minimum absolute atomic E-state index is 0.384.